The Morgan fingerprint density at radius 1 is 0.562 bits per heavy atom. The molecule has 0 aliphatic heterocycles. The van der Waals surface area contributed by atoms with E-state index in [9.17, 15) is 0 Å². The topological polar surface area (TPSA) is 3.24 Å². The minimum absolute atomic E-state index is 0. The molecule has 0 atom stereocenters. The molecule has 1 nitrogen and oxygen atoms in total. The first-order chi connectivity index (χ1) is 7.85. The molecule has 0 bridgehead atoms. The van der Waals surface area contributed by atoms with Crippen molar-refractivity contribution < 1.29 is 1.43 Å². The average molecular weight is 229 g/mol. The van der Waals surface area contributed by atoms with Crippen molar-refractivity contribution in [1.82, 2.24) is 4.90 Å². The predicted octanol–water partition coefficient (Wildman–Crippen LogP) is 5.11. The van der Waals surface area contributed by atoms with Crippen LogP contribution in [0.5, 0.6) is 0 Å². The molecule has 16 heavy (non-hydrogen) atoms. The van der Waals surface area contributed by atoms with Crippen LogP contribution < -0.4 is 0 Å². The van der Waals surface area contributed by atoms with Gasteiger partial charge in [0.2, 0.25) is 0 Å². The van der Waals surface area contributed by atoms with Crippen LogP contribution in [0.2, 0.25) is 0 Å². The quantitative estimate of drug-likeness (QED) is 0.421. The van der Waals surface area contributed by atoms with E-state index in [0.717, 1.165) is 0 Å². The van der Waals surface area contributed by atoms with E-state index in [1.54, 1.807) is 0 Å². The third-order valence-corrected chi connectivity index (χ3v) is 3.23. The lowest BCUT2D eigenvalue weighted by molar-refractivity contribution is 0.256. The largest absolute Gasteiger partial charge is 0.303 e. The fraction of sp³-hybridized carbons (Fsp3) is 1.00. The van der Waals surface area contributed by atoms with Crippen LogP contribution in [0, 0.1) is 0 Å². The summed E-state index contributed by atoms with van der Waals surface area (Å²) in [6.07, 6.45) is 12.4. The molecule has 0 aromatic carbocycles. The molecule has 0 N–H and O–H groups in total. The minimum Gasteiger partial charge on any atom is -0.303 e. The van der Waals surface area contributed by atoms with Crippen LogP contribution in [0.4, 0.5) is 0 Å². The molecule has 100 valence electrons. The van der Waals surface area contributed by atoms with Crippen molar-refractivity contribution in [2.75, 3.05) is 19.6 Å². The Kier molecular flexibility index (Phi) is 13.0. The number of hydrogen-bond acceptors (Lipinski definition) is 1. The van der Waals surface area contributed by atoms with Crippen molar-refractivity contribution in [2.45, 2.75) is 78.6 Å². The Bertz CT molecular complexity index is 104. The molecule has 0 aliphatic carbocycles. The Morgan fingerprint density at radius 3 is 1.12 bits per heavy atom. The van der Waals surface area contributed by atoms with E-state index in [4.69, 9.17) is 0 Å². The van der Waals surface area contributed by atoms with Gasteiger partial charge in [-0.05, 0) is 38.9 Å². The molecule has 0 saturated heterocycles. The monoisotopic (exact) mass is 229 g/mol. The molecule has 0 amide bonds. The molecule has 0 aromatic heterocycles. The van der Waals surface area contributed by atoms with Gasteiger partial charge >= 0.3 is 0 Å². The standard InChI is InChI=1S/C15H33N.H2/c1-4-7-10-13-16(14-11-8-5-2)15-12-9-6-3;/h4-15H2,1-3H3;1H. The Balaban J connectivity index is 0. The zero-order valence-corrected chi connectivity index (χ0v) is 11.9. The summed E-state index contributed by atoms with van der Waals surface area (Å²) < 4.78 is 0. The fourth-order valence-corrected chi connectivity index (χ4v) is 2.09. The normalized spacial score (nSPS) is 11.2. The van der Waals surface area contributed by atoms with Crippen LogP contribution in [0.3, 0.4) is 0 Å². The zero-order chi connectivity index (χ0) is 12.1. The molecule has 0 fully saturated rings. The second-order valence-electron chi connectivity index (χ2n) is 4.96. The molecule has 0 aromatic rings. The van der Waals surface area contributed by atoms with E-state index in [0.29, 0.717) is 0 Å². The van der Waals surface area contributed by atoms with Crippen molar-refractivity contribution >= 4 is 0 Å². The van der Waals surface area contributed by atoms with Gasteiger partial charge in [-0.1, -0.05) is 59.3 Å². The number of rotatable bonds is 12. The predicted molar refractivity (Wildman–Crippen MR) is 77.1 cm³/mol. The van der Waals surface area contributed by atoms with Gasteiger partial charge in [0.05, 0.1) is 0 Å². The van der Waals surface area contributed by atoms with Gasteiger partial charge in [-0.15, -0.1) is 0 Å². The van der Waals surface area contributed by atoms with E-state index < -0.39 is 0 Å². The first-order valence-electron chi connectivity index (χ1n) is 7.57. The van der Waals surface area contributed by atoms with Crippen molar-refractivity contribution in [3.63, 3.8) is 0 Å². The maximum atomic E-state index is 2.70. The molecule has 0 rings (SSSR count). The lowest BCUT2D eigenvalue weighted by Gasteiger charge is -2.22. The highest BCUT2D eigenvalue weighted by Gasteiger charge is 2.03. The van der Waals surface area contributed by atoms with Gasteiger partial charge in [-0.3, -0.25) is 0 Å². The van der Waals surface area contributed by atoms with Crippen molar-refractivity contribution in [3.8, 4) is 0 Å². The SMILES string of the molecule is CCCCCN(CCCCC)CCCCC.[HH]. The third-order valence-electron chi connectivity index (χ3n) is 3.23. The van der Waals surface area contributed by atoms with Gasteiger partial charge in [0.15, 0.2) is 0 Å². The molecule has 0 radical (unpaired) electrons. The average Bonchev–Trinajstić information content (AvgIpc) is 2.29. The third kappa shape index (κ3) is 10.5. The molecule has 0 heterocycles. The highest BCUT2D eigenvalue weighted by atomic mass is 15.1. The lowest BCUT2D eigenvalue weighted by Crippen LogP contribution is -2.27. The van der Waals surface area contributed by atoms with E-state index in [1.807, 2.05) is 0 Å². The van der Waals surface area contributed by atoms with Crippen molar-refractivity contribution in [2.24, 2.45) is 0 Å². The van der Waals surface area contributed by atoms with E-state index in [2.05, 4.69) is 25.7 Å². The molecule has 1 heteroatoms. The van der Waals surface area contributed by atoms with Crippen molar-refractivity contribution in [1.29, 1.82) is 0 Å². The molecule has 0 unspecified atom stereocenters. The summed E-state index contributed by atoms with van der Waals surface area (Å²) >= 11 is 0. The Labute approximate surface area is 105 Å². The smallest absolute Gasteiger partial charge is 0 e. The van der Waals surface area contributed by atoms with Crippen LogP contribution in [0.25, 0.3) is 0 Å². The summed E-state index contributed by atoms with van der Waals surface area (Å²) in [5.41, 5.74) is 0. The van der Waals surface area contributed by atoms with Gasteiger partial charge in [-0.25, -0.2) is 0 Å². The zero-order valence-electron chi connectivity index (χ0n) is 11.9. The van der Waals surface area contributed by atoms with Crippen LogP contribution >= 0.6 is 0 Å². The van der Waals surface area contributed by atoms with Gasteiger partial charge in [0.1, 0.15) is 0 Å². The highest BCUT2D eigenvalue weighted by molar-refractivity contribution is 4.58. The summed E-state index contributed by atoms with van der Waals surface area (Å²) in [4.78, 5) is 2.70. The minimum atomic E-state index is 0. The summed E-state index contributed by atoms with van der Waals surface area (Å²) in [5, 5.41) is 0. The van der Waals surface area contributed by atoms with E-state index >= 15 is 0 Å². The Hall–Kier alpha value is -0.0400. The summed E-state index contributed by atoms with van der Waals surface area (Å²) in [6.45, 7) is 10.9. The summed E-state index contributed by atoms with van der Waals surface area (Å²) in [7, 11) is 0. The second-order valence-corrected chi connectivity index (χ2v) is 4.96. The Morgan fingerprint density at radius 2 is 0.875 bits per heavy atom. The molecule has 0 aliphatic rings. The number of unbranched alkanes of at least 4 members (excludes halogenated alkanes) is 6. The van der Waals surface area contributed by atoms with Crippen LogP contribution in [-0.2, 0) is 0 Å². The van der Waals surface area contributed by atoms with Gasteiger partial charge < -0.3 is 4.90 Å². The summed E-state index contributed by atoms with van der Waals surface area (Å²) in [5.74, 6) is 0. The van der Waals surface area contributed by atoms with E-state index in [1.165, 1.54) is 77.4 Å². The van der Waals surface area contributed by atoms with Gasteiger partial charge in [0.25, 0.3) is 0 Å². The molecule has 0 spiro atoms. The lowest BCUT2D eigenvalue weighted by atomic mass is 10.2. The molecule has 0 saturated carbocycles. The van der Waals surface area contributed by atoms with Gasteiger partial charge in [0, 0.05) is 1.43 Å². The van der Waals surface area contributed by atoms with Crippen molar-refractivity contribution in [3.05, 3.63) is 0 Å². The number of nitrogens with zero attached hydrogens (tertiary/aromatic N) is 1. The maximum Gasteiger partial charge on any atom is 0 e. The summed E-state index contributed by atoms with van der Waals surface area (Å²) in [6, 6.07) is 0. The maximum absolute atomic E-state index is 2.70. The second kappa shape index (κ2) is 13.0. The van der Waals surface area contributed by atoms with Gasteiger partial charge in [-0.2, -0.15) is 0 Å². The first kappa shape index (κ1) is 16.0. The highest BCUT2D eigenvalue weighted by Crippen LogP contribution is 2.05. The fourth-order valence-electron chi connectivity index (χ4n) is 2.09. The number of hydrogen-bond donors (Lipinski definition) is 0. The van der Waals surface area contributed by atoms with Crippen LogP contribution in [-0.4, -0.2) is 24.5 Å². The van der Waals surface area contributed by atoms with E-state index in [-0.39, 0.29) is 1.43 Å². The molecular weight excluding hydrogens is 194 g/mol. The van der Waals surface area contributed by atoms with Crippen LogP contribution in [0.1, 0.15) is 80.0 Å². The first-order valence-corrected chi connectivity index (χ1v) is 7.57. The van der Waals surface area contributed by atoms with Crippen LogP contribution in [0.15, 0.2) is 0 Å². The molecular formula is C15H35N.